The molecule has 0 saturated carbocycles. The van der Waals surface area contributed by atoms with Crippen molar-refractivity contribution < 1.29 is 17.9 Å². The zero-order valence-corrected chi connectivity index (χ0v) is 18.2. The normalized spacial score (nSPS) is 11.0. The fourth-order valence-electron chi connectivity index (χ4n) is 2.69. The Balaban J connectivity index is 1.81. The fourth-order valence-corrected chi connectivity index (χ4v) is 4.19. The highest BCUT2D eigenvalue weighted by Gasteiger charge is 2.21. The van der Waals surface area contributed by atoms with E-state index < -0.39 is 10.0 Å². The van der Waals surface area contributed by atoms with Gasteiger partial charge in [0.25, 0.3) is 10.0 Å². The van der Waals surface area contributed by atoms with Crippen molar-refractivity contribution in [3.63, 3.8) is 0 Å². The first-order valence-electron chi connectivity index (χ1n) is 8.77. The molecule has 0 aliphatic heterocycles. The van der Waals surface area contributed by atoms with E-state index >= 15 is 0 Å². The topological polar surface area (TPSA) is 84.5 Å². The second kappa shape index (κ2) is 9.38. The van der Waals surface area contributed by atoms with Gasteiger partial charge in [0.2, 0.25) is 5.91 Å². The monoisotopic (exact) mass is 464 g/mol. The Labute approximate surface area is 184 Å². The molecule has 9 heteroatoms. The Morgan fingerprint density at radius 3 is 2.07 bits per heavy atom. The van der Waals surface area contributed by atoms with Gasteiger partial charge in [-0.1, -0.05) is 35.3 Å². The van der Waals surface area contributed by atoms with Gasteiger partial charge in [-0.25, -0.2) is 8.42 Å². The predicted octanol–water partition coefficient (Wildman–Crippen LogP) is 4.98. The summed E-state index contributed by atoms with van der Waals surface area (Å²) in [6.07, 6.45) is 0.119. The minimum atomic E-state index is -3.97. The Morgan fingerprint density at radius 2 is 1.47 bits per heavy atom. The zero-order chi connectivity index (χ0) is 21.7. The van der Waals surface area contributed by atoms with Crippen molar-refractivity contribution in [2.75, 3.05) is 17.1 Å². The highest BCUT2D eigenvalue weighted by atomic mass is 35.5. The third kappa shape index (κ3) is 5.66. The summed E-state index contributed by atoms with van der Waals surface area (Å²) in [7, 11) is -2.60. The highest BCUT2D eigenvalue weighted by Crippen LogP contribution is 2.29. The summed E-state index contributed by atoms with van der Waals surface area (Å²) in [4.78, 5) is 12.2. The molecule has 1 amide bonds. The maximum Gasteiger partial charge on any atom is 0.265 e. The Morgan fingerprint density at radius 1 is 0.900 bits per heavy atom. The molecule has 0 bridgehead atoms. The quantitative estimate of drug-likeness (QED) is 0.515. The molecule has 0 fully saturated rings. The van der Waals surface area contributed by atoms with Gasteiger partial charge in [0.1, 0.15) is 10.6 Å². The van der Waals surface area contributed by atoms with Crippen molar-refractivity contribution in [3.05, 3.63) is 82.3 Å². The highest BCUT2D eigenvalue weighted by molar-refractivity contribution is 7.92. The van der Waals surface area contributed by atoms with E-state index in [0.717, 1.165) is 5.56 Å². The van der Waals surface area contributed by atoms with Crippen LogP contribution < -0.4 is 14.8 Å². The molecule has 0 saturated heterocycles. The predicted molar refractivity (Wildman–Crippen MR) is 119 cm³/mol. The number of hydrogen-bond donors (Lipinski definition) is 2. The summed E-state index contributed by atoms with van der Waals surface area (Å²) in [5, 5.41) is 3.77. The smallest absolute Gasteiger partial charge is 0.265 e. The Hall–Kier alpha value is -2.74. The van der Waals surface area contributed by atoms with Gasteiger partial charge in [-0.15, -0.1) is 0 Å². The minimum Gasteiger partial charge on any atom is -0.495 e. The second-order valence-electron chi connectivity index (χ2n) is 6.33. The van der Waals surface area contributed by atoms with Crippen molar-refractivity contribution in [2.45, 2.75) is 11.3 Å². The van der Waals surface area contributed by atoms with Gasteiger partial charge in [0.15, 0.2) is 0 Å². The number of rotatable bonds is 7. The zero-order valence-electron chi connectivity index (χ0n) is 15.9. The third-order valence-electron chi connectivity index (χ3n) is 4.11. The number of ether oxygens (including phenoxy) is 1. The molecular formula is C21H18Cl2N2O4S. The number of nitrogens with one attached hydrogen (secondary N) is 2. The van der Waals surface area contributed by atoms with Gasteiger partial charge in [0, 0.05) is 21.4 Å². The van der Waals surface area contributed by atoms with Crippen LogP contribution in [0.5, 0.6) is 5.75 Å². The van der Waals surface area contributed by atoms with Crippen LogP contribution in [0.1, 0.15) is 5.56 Å². The standard InChI is InChI=1S/C21H18Cl2N2O4S/c1-29-19-11-10-18(24-21(26)12-14-2-4-15(22)5-3-14)13-20(19)30(27,28)25-17-8-6-16(23)7-9-17/h2-11,13,25H,12H2,1H3,(H,24,26). The van der Waals surface area contributed by atoms with Crippen LogP contribution in [0.2, 0.25) is 10.0 Å². The summed E-state index contributed by atoms with van der Waals surface area (Å²) in [5.41, 5.74) is 1.45. The summed E-state index contributed by atoms with van der Waals surface area (Å²) in [6, 6.07) is 17.5. The summed E-state index contributed by atoms with van der Waals surface area (Å²) >= 11 is 11.7. The average Bonchev–Trinajstić information content (AvgIpc) is 2.71. The van der Waals surface area contributed by atoms with Crippen molar-refractivity contribution >= 4 is 50.5 Å². The van der Waals surface area contributed by atoms with Crippen molar-refractivity contribution in [1.82, 2.24) is 0 Å². The molecule has 30 heavy (non-hydrogen) atoms. The first-order chi connectivity index (χ1) is 14.3. The van der Waals surface area contributed by atoms with E-state index in [1.807, 2.05) is 0 Å². The number of hydrogen-bond acceptors (Lipinski definition) is 4. The van der Waals surface area contributed by atoms with E-state index in [-0.39, 0.29) is 23.0 Å². The number of methoxy groups -OCH3 is 1. The van der Waals surface area contributed by atoms with Crippen LogP contribution in [0.4, 0.5) is 11.4 Å². The van der Waals surface area contributed by atoms with Crippen molar-refractivity contribution in [2.24, 2.45) is 0 Å². The van der Waals surface area contributed by atoms with Crippen LogP contribution in [0, 0.1) is 0 Å². The van der Waals surface area contributed by atoms with Crippen molar-refractivity contribution in [3.8, 4) is 5.75 Å². The molecule has 0 unspecified atom stereocenters. The number of carbonyl (C=O) groups excluding carboxylic acids is 1. The second-order valence-corrected chi connectivity index (χ2v) is 8.85. The van der Waals surface area contributed by atoms with Crippen LogP contribution in [-0.2, 0) is 21.2 Å². The molecule has 0 aromatic heterocycles. The largest absolute Gasteiger partial charge is 0.495 e. The molecule has 6 nitrogen and oxygen atoms in total. The number of sulfonamides is 1. The number of anilines is 2. The fraction of sp³-hybridized carbons (Fsp3) is 0.0952. The minimum absolute atomic E-state index is 0.107. The van der Waals surface area contributed by atoms with Gasteiger partial charge in [-0.2, -0.15) is 0 Å². The van der Waals surface area contributed by atoms with Gasteiger partial charge < -0.3 is 10.1 Å². The molecule has 0 heterocycles. The lowest BCUT2D eigenvalue weighted by molar-refractivity contribution is -0.115. The summed E-state index contributed by atoms with van der Waals surface area (Å²) in [6.45, 7) is 0. The number of halogens is 2. The van der Waals surface area contributed by atoms with E-state index in [0.29, 0.717) is 21.4 Å². The maximum absolute atomic E-state index is 12.9. The van der Waals surface area contributed by atoms with E-state index in [4.69, 9.17) is 27.9 Å². The lowest BCUT2D eigenvalue weighted by Crippen LogP contribution is -2.17. The lowest BCUT2D eigenvalue weighted by atomic mass is 10.1. The van der Waals surface area contributed by atoms with Crippen LogP contribution >= 0.6 is 23.2 Å². The first-order valence-corrected chi connectivity index (χ1v) is 11.0. The summed E-state index contributed by atoms with van der Waals surface area (Å²) < 4.78 is 33.4. The van der Waals surface area contributed by atoms with Gasteiger partial charge >= 0.3 is 0 Å². The molecule has 3 aromatic carbocycles. The van der Waals surface area contributed by atoms with E-state index in [1.165, 1.54) is 19.2 Å². The maximum atomic E-state index is 12.9. The van der Waals surface area contributed by atoms with Gasteiger partial charge in [-0.05, 0) is 60.2 Å². The first kappa shape index (κ1) is 22.0. The number of carbonyl (C=O) groups is 1. The Bertz CT molecular complexity index is 1150. The average molecular weight is 465 g/mol. The third-order valence-corrected chi connectivity index (χ3v) is 6.02. The molecule has 0 aliphatic carbocycles. The van der Waals surface area contributed by atoms with E-state index in [9.17, 15) is 13.2 Å². The van der Waals surface area contributed by atoms with Crippen molar-refractivity contribution in [1.29, 1.82) is 0 Å². The molecular weight excluding hydrogens is 447 g/mol. The van der Waals surface area contributed by atoms with Crippen LogP contribution in [0.15, 0.2) is 71.6 Å². The Kier molecular flexibility index (Phi) is 6.87. The van der Waals surface area contributed by atoms with Gasteiger partial charge in [0.05, 0.1) is 13.5 Å². The van der Waals surface area contributed by atoms with E-state index in [1.54, 1.807) is 54.6 Å². The molecule has 0 aliphatic rings. The molecule has 2 N–H and O–H groups in total. The molecule has 156 valence electrons. The van der Waals surface area contributed by atoms with Crippen LogP contribution in [0.3, 0.4) is 0 Å². The number of amides is 1. The molecule has 0 spiro atoms. The number of benzene rings is 3. The van der Waals surface area contributed by atoms with Crippen LogP contribution in [0.25, 0.3) is 0 Å². The SMILES string of the molecule is COc1ccc(NC(=O)Cc2ccc(Cl)cc2)cc1S(=O)(=O)Nc1ccc(Cl)cc1. The molecule has 3 rings (SSSR count). The molecule has 0 atom stereocenters. The van der Waals surface area contributed by atoms with E-state index in [2.05, 4.69) is 10.0 Å². The van der Waals surface area contributed by atoms with Crippen LogP contribution in [-0.4, -0.2) is 21.4 Å². The lowest BCUT2D eigenvalue weighted by Gasteiger charge is -2.14. The molecule has 0 radical (unpaired) electrons. The summed E-state index contributed by atoms with van der Waals surface area (Å²) in [5.74, 6) is -0.149. The van der Waals surface area contributed by atoms with Gasteiger partial charge in [-0.3, -0.25) is 9.52 Å². The molecule has 3 aromatic rings.